The van der Waals surface area contributed by atoms with E-state index in [1.165, 1.54) is 0 Å². The summed E-state index contributed by atoms with van der Waals surface area (Å²) in [5, 5.41) is 2.84. The fourth-order valence-corrected chi connectivity index (χ4v) is 2.42. The molecule has 1 aromatic heterocycles. The first-order chi connectivity index (χ1) is 9.84. The van der Waals surface area contributed by atoms with Gasteiger partial charge in [-0.1, -0.05) is 6.92 Å². The number of carbonyl (C=O) groups excluding carboxylic acids is 1. The molecule has 8 nitrogen and oxygen atoms in total. The molecule has 9 heteroatoms. The molecule has 21 heavy (non-hydrogen) atoms. The lowest BCUT2D eigenvalue weighted by molar-refractivity contribution is 0.148. The zero-order valence-corrected chi connectivity index (χ0v) is 13.6. The second-order valence-corrected chi connectivity index (χ2v) is 7.23. The van der Waals surface area contributed by atoms with Crippen LogP contribution in [0, 0.1) is 0 Å². The number of sulfone groups is 1. The highest BCUT2D eigenvalue weighted by atomic mass is 32.2. The third-order valence-corrected chi connectivity index (χ3v) is 4.81. The Morgan fingerprint density at radius 2 is 2.10 bits per heavy atom. The smallest absolute Gasteiger partial charge is 0.346 e. The van der Waals surface area contributed by atoms with Gasteiger partial charge in [-0.15, -0.1) is 5.10 Å². The van der Waals surface area contributed by atoms with Gasteiger partial charge < -0.3 is 9.64 Å². The molecule has 120 valence electrons. The molecular formula is C12H22N4O4S. The molecule has 0 unspecified atom stereocenters. The summed E-state index contributed by atoms with van der Waals surface area (Å²) < 4.78 is 29.8. The van der Waals surface area contributed by atoms with E-state index in [-0.39, 0.29) is 5.16 Å². The second kappa shape index (κ2) is 7.51. The Balaban J connectivity index is 2.95. The number of aromatic nitrogens is 3. The van der Waals surface area contributed by atoms with E-state index in [4.69, 9.17) is 4.74 Å². The first-order valence-corrected chi connectivity index (χ1v) is 8.33. The van der Waals surface area contributed by atoms with Crippen LogP contribution < -0.4 is 0 Å². The molecule has 0 fully saturated rings. The van der Waals surface area contributed by atoms with Crippen molar-refractivity contribution in [1.29, 1.82) is 0 Å². The Morgan fingerprint density at radius 1 is 1.43 bits per heavy atom. The summed E-state index contributed by atoms with van der Waals surface area (Å²) in [7, 11) is -2.03. The molecule has 0 saturated carbocycles. The molecule has 0 atom stereocenters. The van der Waals surface area contributed by atoms with Gasteiger partial charge in [-0.05, 0) is 20.3 Å². The van der Waals surface area contributed by atoms with E-state index in [1.54, 1.807) is 25.9 Å². The van der Waals surface area contributed by atoms with Gasteiger partial charge in [0.15, 0.2) is 0 Å². The largest absolute Gasteiger partial charge is 0.383 e. The minimum atomic E-state index is -3.58. The first kappa shape index (κ1) is 17.6. The van der Waals surface area contributed by atoms with Gasteiger partial charge in [0.2, 0.25) is 9.84 Å². The van der Waals surface area contributed by atoms with Crippen LogP contribution in [-0.4, -0.2) is 66.2 Å². The predicted octanol–water partition coefficient (Wildman–Crippen LogP) is 0.787. The van der Waals surface area contributed by atoms with Crippen molar-refractivity contribution >= 4 is 15.9 Å². The SMILES string of the molecule is CCCN(CCOC)C(=O)n1cnc(S(=O)(=O)C(C)C)n1. The maximum Gasteiger partial charge on any atom is 0.346 e. The molecule has 0 aromatic carbocycles. The normalized spacial score (nSPS) is 11.9. The highest BCUT2D eigenvalue weighted by Gasteiger charge is 2.26. The zero-order valence-electron chi connectivity index (χ0n) is 12.8. The maximum atomic E-state index is 12.3. The molecular weight excluding hydrogens is 296 g/mol. The van der Waals surface area contributed by atoms with E-state index in [0.717, 1.165) is 17.4 Å². The van der Waals surface area contributed by atoms with Crippen LogP contribution in [0.1, 0.15) is 27.2 Å². The molecule has 0 saturated heterocycles. The van der Waals surface area contributed by atoms with Gasteiger partial charge in [0, 0.05) is 20.2 Å². The third-order valence-electron chi connectivity index (χ3n) is 2.87. The summed E-state index contributed by atoms with van der Waals surface area (Å²) in [4.78, 5) is 17.6. The van der Waals surface area contributed by atoms with Crippen molar-refractivity contribution in [2.24, 2.45) is 0 Å². The number of ether oxygens (including phenoxy) is 1. The first-order valence-electron chi connectivity index (χ1n) is 6.78. The summed E-state index contributed by atoms with van der Waals surface area (Å²) >= 11 is 0. The lowest BCUT2D eigenvalue weighted by Crippen LogP contribution is -2.38. The van der Waals surface area contributed by atoms with E-state index in [2.05, 4.69) is 10.1 Å². The van der Waals surface area contributed by atoms with Crippen molar-refractivity contribution in [3.8, 4) is 0 Å². The molecule has 0 radical (unpaired) electrons. The van der Waals surface area contributed by atoms with E-state index < -0.39 is 21.1 Å². The third kappa shape index (κ3) is 4.24. The van der Waals surface area contributed by atoms with Crippen molar-refractivity contribution < 1.29 is 17.9 Å². The molecule has 1 aromatic rings. The van der Waals surface area contributed by atoms with E-state index in [9.17, 15) is 13.2 Å². The van der Waals surface area contributed by atoms with Crippen molar-refractivity contribution in [3.05, 3.63) is 6.33 Å². The highest BCUT2D eigenvalue weighted by Crippen LogP contribution is 2.10. The molecule has 0 aliphatic heterocycles. The van der Waals surface area contributed by atoms with Crippen molar-refractivity contribution in [2.75, 3.05) is 26.8 Å². The minimum absolute atomic E-state index is 0.325. The second-order valence-electron chi connectivity index (χ2n) is 4.83. The fourth-order valence-electron chi connectivity index (χ4n) is 1.60. The van der Waals surface area contributed by atoms with Crippen LogP contribution in [0.4, 0.5) is 4.79 Å². The Hall–Kier alpha value is -1.48. The van der Waals surface area contributed by atoms with Crippen LogP contribution in [-0.2, 0) is 14.6 Å². The number of rotatable bonds is 7. The Morgan fingerprint density at radius 3 is 2.62 bits per heavy atom. The molecule has 0 aliphatic rings. The van der Waals surface area contributed by atoms with Crippen LogP contribution in [0.2, 0.25) is 0 Å². The van der Waals surface area contributed by atoms with Gasteiger partial charge in [0.1, 0.15) is 6.33 Å². The zero-order chi connectivity index (χ0) is 16.0. The molecule has 0 bridgehead atoms. The summed E-state index contributed by atoms with van der Waals surface area (Å²) in [6, 6.07) is -0.411. The fraction of sp³-hybridized carbons (Fsp3) is 0.750. The predicted molar refractivity (Wildman–Crippen MR) is 76.9 cm³/mol. The Labute approximate surface area is 125 Å². The lowest BCUT2D eigenvalue weighted by atomic mass is 10.4. The molecule has 0 aliphatic carbocycles. The maximum absolute atomic E-state index is 12.3. The number of amides is 1. The standard InChI is InChI=1S/C12H22N4O4S/c1-5-6-15(7-8-20-4)12(17)16-9-13-11(14-16)21(18,19)10(2)3/h9-10H,5-8H2,1-4H3. The number of nitrogens with zero attached hydrogens (tertiary/aromatic N) is 4. The molecule has 1 heterocycles. The molecule has 1 amide bonds. The average molecular weight is 318 g/mol. The van der Waals surface area contributed by atoms with Crippen LogP contribution in [0.15, 0.2) is 11.5 Å². The van der Waals surface area contributed by atoms with Gasteiger partial charge in [-0.3, -0.25) is 0 Å². The van der Waals surface area contributed by atoms with Crippen LogP contribution >= 0.6 is 0 Å². The van der Waals surface area contributed by atoms with Crippen LogP contribution in [0.3, 0.4) is 0 Å². The monoisotopic (exact) mass is 318 g/mol. The number of methoxy groups -OCH3 is 1. The van der Waals surface area contributed by atoms with Crippen LogP contribution in [0.5, 0.6) is 0 Å². The quantitative estimate of drug-likeness (QED) is 0.737. The molecule has 1 rings (SSSR count). The van der Waals surface area contributed by atoms with Gasteiger partial charge in [0.05, 0.1) is 11.9 Å². The summed E-state index contributed by atoms with van der Waals surface area (Å²) in [5.41, 5.74) is 0. The summed E-state index contributed by atoms with van der Waals surface area (Å²) in [6.07, 6.45) is 1.91. The number of hydrogen-bond donors (Lipinski definition) is 0. The van der Waals surface area contributed by atoms with Crippen molar-refractivity contribution in [2.45, 2.75) is 37.6 Å². The molecule has 0 spiro atoms. The number of carbonyl (C=O) groups is 1. The molecule has 0 N–H and O–H groups in total. The van der Waals surface area contributed by atoms with Gasteiger partial charge in [-0.25, -0.2) is 18.2 Å². The topological polar surface area (TPSA) is 94.4 Å². The number of hydrogen-bond acceptors (Lipinski definition) is 6. The van der Waals surface area contributed by atoms with E-state index >= 15 is 0 Å². The van der Waals surface area contributed by atoms with Crippen molar-refractivity contribution in [3.63, 3.8) is 0 Å². The summed E-state index contributed by atoms with van der Waals surface area (Å²) in [5.74, 6) is 0. The van der Waals surface area contributed by atoms with Crippen molar-refractivity contribution in [1.82, 2.24) is 19.7 Å². The Kier molecular flexibility index (Phi) is 6.28. The van der Waals surface area contributed by atoms with Gasteiger partial charge >= 0.3 is 6.03 Å². The lowest BCUT2D eigenvalue weighted by Gasteiger charge is -2.20. The van der Waals surface area contributed by atoms with Gasteiger partial charge in [-0.2, -0.15) is 4.68 Å². The van der Waals surface area contributed by atoms with Gasteiger partial charge in [0.25, 0.3) is 5.16 Å². The minimum Gasteiger partial charge on any atom is -0.383 e. The average Bonchev–Trinajstić information content (AvgIpc) is 2.92. The highest BCUT2D eigenvalue weighted by molar-refractivity contribution is 7.91. The van der Waals surface area contributed by atoms with E-state index in [0.29, 0.717) is 19.7 Å². The van der Waals surface area contributed by atoms with Crippen LogP contribution in [0.25, 0.3) is 0 Å². The summed E-state index contributed by atoms with van der Waals surface area (Å²) in [6.45, 7) is 6.38. The Bertz CT molecular complexity index is 568. The van der Waals surface area contributed by atoms with E-state index in [1.807, 2.05) is 6.92 Å².